The second-order valence-electron chi connectivity index (χ2n) is 3.77. The van der Waals surface area contributed by atoms with Gasteiger partial charge in [-0.15, -0.1) is 11.8 Å². The van der Waals surface area contributed by atoms with E-state index in [1.165, 1.54) is 12.1 Å². The maximum atomic E-state index is 12.3. The summed E-state index contributed by atoms with van der Waals surface area (Å²) in [6.07, 6.45) is -3.08. The first kappa shape index (κ1) is 11.8. The summed E-state index contributed by atoms with van der Waals surface area (Å²) in [6.45, 7) is 1.05. The monoisotopic (exact) mass is 247 g/mol. The first-order valence-corrected chi connectivity index (χ1v) is 6.08. The van der Waals surface area contributed by atoms with Crippen molar-refractivity contribution in [2.45, 2.75) is 23.5 Å². The van der Waals surface area contributed by atoms with Gasteiger partial charge in [-0.3, -0.25) is 0 Å². The Bertz CT molecular complexity index is 343. The van der Waals surface area contributed by atoms with Gasteiger partial charge in [-0.2, -0.15) is 13.2 Å². The lowest BCUT2D eigenvalue weighted by Crippen LogP contribution is -2.44. The quantitative estimate of drug-likeness (QED) is 0.823. The zero-order chi connectivity index (χ0) is 11.6. The summed E-state index contributed by atoms with van der Waals surface area (Å²) < 4.78 is 36.8. The van der Waals surface area contributed by atoms with Crippen molar-refractivity contribution < 1.29 is 13.2 Å². The molecule has 0 aliphatic carbocycles. The maximum absolute atomic E-state index is 12.3. The van der Waals surface area contributed by atoms with Crippen molar-refractivity contribution in [3.05, 3.63) is 29.8 Å². The molecule has 5 heteroatoms. The number of thioether (sulfide) groups is 1. The number of halogens is 3. The Balaban J connectivity index is 1.91. The van der Waals surface area contributed by atoms with Gasteiger partial charge in [0.15, 0.2) is 0 Å². The van der Waals surface area contributed by atoms with Crippen molar-refractivity contribution in [1.82, 2.24) is 5.32 Å². The Morgan fingerprint density at radius 2 is 1.88 bits per heavy atom. The van der Waals surface area contributed by atoms with Gasteiger partial charge < -0.3 is 5.32 Å². The molecule has 1 aliphatic rings. The molecule has 2 rings (SSSR count). The van der Waals surface area contributed by atoms with Crippen molar-refractivity contribution in [2.24, 2.45) is 0 Å². The largest absolute Gasteiger partial charge is 0.416 e. The zero-order valence-corrected chi connectivity index (χ0v) is 9.37. The standard InChI is InChI=1S/C11H12F3NS/c12-11(13,14)8-1-3-10(4-2-8)16-7-9-5-6-15-9/h1-4,9,15H,5-7H2. The highest BCUT2D eigenvalue weighted by Crippen LogP contribution is 2.31. The molecule has 0 bridgehead atoms. The highest BCUT2D eigenvalue weighted by molar-refractivity contribution is 7.99. The van der Waals surface area contributed by atoms with Crippen LogP contribution in [-0.2, 0) is 6.18 Å². The number of rotatable bonds is 3. The maximum Gasteiger partial charge on any atom is 0.416 e. The average molecular weight is 247 g/mol. The summed E-state index contributed by atoms with van der Waals surface area (Å²) >= 11 is 1.59. The molecule has 1 N–H and O–H groups in total. The highest BCUT2D eigenvalue weighted by Gasteiger charge is 2.29. The molecule has 1 heterocycles. The van der Waals surface area contributed by atoms with Gasteiger partial charge in [0.1, 0.15) is 0 Å². The zero-order valence-electron chi connectivity index (χ0n) is 8.55. The highest BCUT2D eigenvalue weighted by atomic mass is 32.2. The van der Waals surface area contributed by atoms with E-state index in [-0.39, 0.29) is 0 Å². The molecular formula is C11H12F3NS. The molecule has 88 valence electrons. The van der Waals surface area contributed by atoms with E-state index in [1.54, 1.807) is 11.8 Å². The molecule has 1 fully saturated rings. The van der Waals surface area contributed by atoms with Gasteiger partial charge in [-0.05, 0) is 37.2 Å². The van der Waals surface area contributed by atoms with Crippen LogP contribution in [0.5, 0.6) is 0 Å². The van der Waals surface area contributed by atoms with E-state index < -0.39 is 11.7 Å². The molecule has 1 aliphatic heterocycles. The molecule has 16 heavy (non-hydrogen) atoms. The van der Waals surface area contributed by atoms with Crippen LogP contribution in [0.15, 0.2) is 29.2 Å². The summed E-state index contributed by atoms with van der Waals surface area (Å²) in [7, 11) is 0. The number of nitrogens with one attached hydrogen (secondary N) is 1. The molecule has 0 saturated carbocycles. The topological polar surface area (TPSA) is 12.0 Å². The molecule has 1 unspecified atom stereocenters. The van der Waals surface area contributed by atoms with Crippen molar-refractivity contribution in [3.8, 4) is 0 Å². The summed E-state index contributed by atoms with van der Waals surface area (Å²) in [5.74, 6) is 0.922. The summed E-state index contributed by atoms with van der Waals surface area (Å²) in [5, 5.41) is 3.25. The Hall–Kier alpha value is -0.680. The van der Waals surface area contributed by atoms with Crippen molar-refractivity contribution in [2.75, 3.05) is 12.3 Å². The predicted molar refractivity (Wildman–Crippen MR) is 58.6 cm³/mol. The van der Waals surface area contributed by atoms with Crippen LogP contribution in [-0.4, -0.2) is 18.3 Å². The Kier molecular flexibility index (Phi) is 3.44. The van der Waals surface area contributed by atoms with Crippen molar-refractivity contribution in [3.63, 3.8) is 0 Å². The normalized spacial score (nSPS) is 20.6. The van der Waals surface area contributed by atoms with E-state index in [1.807, 2.05) is 0 Å². The van der Waals surface area contributed by atoms with Crippen molar-refractivity contribution in [1.29, 1.82) is 0 Å². The van der Waals surface area contributed by atoms with E-state index >= 15 is 0 Å². The molecular weight excluding hydrogens is 235 g/mol. The van der Waals surface area contributed by atoms with Gasteiger partial charge in [-0.1, -0.05) is 0 Å². The van der Waals surface area contributed by atoms with Gasteiger partial charge in [0, 0.05) is 16.7 Å². The smallest absolute Gasteiger partial charge is 0.313 e. The lowest BCUT2D eigenvalue weighted by Gasteiger charge is -2.27. The van der Waals surface area contributed by atoms with Gasteiger partial charge >= 0.3 is 6.18 Å². The van der Waals surface area contributed by atoms with Gasteiger partial charge in [0.2, 0.25) is 0 Å². The Labute approximate surface area is 96.4 Å². The molecule has 0 spiro atoms. The van der Waals surface area contributed by atoms with E-state index in [9.17, 15) is 13.2 Å². The first-order chi connectivity index (χ1) is 7.55. The molecule has 1 saturated heterocycles. The third kappa shape index (κ3) is 2.92. The first-order valence-electron chi connectivity index (χ1n) is 5.09. The fourth-order valence-corrected chi connectivity index (χ4v) is 2.43. The predicted octanol–water partition coefficient (Wildman–Crippen LogP) is 3.16. The van der Waals surface area contributed by atoms with Gasteiger partial charge in [0.05, 0.1) is 5.56 Å². The van der Waals surface area contributed by atoms with E-state index in [0.29, 0.717) is 6.04 Å². The average Bonchev–Trinajstić information content (AvgIpc) is 2.15. The van der Waals surface area contributed by atoms with E-state index in [4.69, 9.17) is 0 Å². The van der Waals surface area contributed by atoms with Crippen LogP contribution < -0.4 is 5.32 Å². The number of benzene rings is 1. The van der Waals surface area contributed by atoms with Crippen LogP contribution >= 0.6 is 11.8 Å². The Morgan fingerprint density at radius 3 is 2.31 bits per heavy atom. The van der Waals surface area contributed by atoms with Crippen LogP contribution in [0.1, 0.15) is 12.0 Å². The number of alkyl halides is 3. The summed E-state index contributed by atoms with van der Waals surface area (Å²) in [6, 6.07) is 5.86. The molecule has 0 aromatic heterocycles. The Morgan fingerprint density at radius 1 is 1.25 bits per heavy atom. The third-order valence-corrected chi connectivity index (χ3v) is 3.73. The van der Waals surface area contributed by atoms with Crippen LogP contribution in [0.25, 0.3) is 0 Å². The number of hydrogen-bond acceptors (Lipinski definition) is 2. The van der Waals surface area contributed by atoms with E-state index in [2.05, 4.69) is 5.32 Å². The molecule has 0 amide bonds. The van der Waals surface area contributed by atoms with Crippen LogP contribution in [0.3, 0.4) is 0 Å². The van der Waals surface area contributed by atoms with Crippen LogP contribution in [0.4, 0.5) is 13.2 Å². The SMILES string of the molecule is FC(F)(F)c1ccc(SCC2CCN2)cc1. The third-order valence-electron chi connectivity index (χ3n) is 2.56. The number of hydrogen-bond donors (Lipinski definition) is 1. The van der Waals surface area contributed by atoms with Crippen LogP contribution in [0, 0.1) is 0 Å². The minimum absolute atomic E-state index is 0.521. The fraction of sp³-hybridized carbons (Fsp3) is 0.455. The minimum atomic E-state index is -4.24. The van der Waals surface area contributed by atoms with E-state index in [0.717, 1.165) is 35.7 Å². The van der Waals surface area contributed by atoms with Crippen LogP contribution in [0.2, 0.25) is 0 Å². The summed E-state index contributed by atoms with van der Waals surface area (Å²) in [4.78, 5) is 0.890. The minimum Gasteiger partial charge on any atom is -0.313 e. The molecule has 1 atom stereocenters. The fourth-order valence-electron chi connectivity index (χ4n) is 1.43. The van der Waals surface area contributed by atoms with Gasteiger partial charge in [-0.25, -0.2) is 0 Å². The second kappa shape index (κ2) is 4.67. The summed E-state index contributed by atoms with van der Waals surface area (Å²) in [5.41, 5.74) is -0.585. The van der Waals surface area contributed by atoms with Crippen molar-refractivity contribution >= 4 is 11.8 Å². The lowest BCUT2D eigenvalue weighted by molar-refractivity contribution is -0.137. The van der Waals surface area contributed by atoms with Gasteiger partial charge in [0.25, 0.3) is 0 Å². The molecule has 1 aromatic rings. The molecule has 1 nitrogen and oxygen atoms in total. The molecule has 0 radical (unpaired) electrons. The second-order valence-corrected chi connectivity index (χ2v) is 4.87. The molecule has 1 aromatic carbocycles. The lowest BCUT2D eigenvalue weighted by atomic mass is 10.1.